The third kappa shape index (κ3) is 6.84. The van der Waals surface area contributed by atoms with E-state index in [0.29, 0.717) is 12.5 Å². The van der Waals surface area contributed by atoms with E-state index in [1.807, 2.05) is 30.3 Å². The lowest BCUT2D eigenvalue weighted by molar-refractivity contribution is -0.127. The van der Waals surface area contributed by atoms with E-state index in [9.17, 15) is 4.79 Å². The fourth-order valence-corrected chi connectivity index (χ4v) is 3.24. The van der Waals surface area contributed by atoms with Gasteiger partial charge in [0.15, 0.2) is 5.96 Å². The Bertz CT molecular complexity index is 848. The van der Waals surface area contributed by atoms with Crippen molar-refractivity contribution in [3.8, 4) is 5.75 Å². The largest absolute Gasteiger partial charge is 0.497 e. The number of likely N-dealkylation sites (N-methyl/N-ethyl adjacent to an activating group) is 1. The molecule has 1 aromatic carbocycles. The number of ether oxygens (including phenoxy) is 1. The van der Waals surface area contributed by atoms with Gasteiger partial charge >= 0.3 is 0 Å². The molecule has 9 heteroatoms. The van der Waals surface area contributed by atoms with Crippen LogP contribution in [-0.4, -0.2) is 73.6 Å². The number of rotatable bonds is 7. The highest BCUT2D eigenvalue weighted by Gasteiger charge is 2.21. The van der Waals surface area contributed by atoms with Crippen molar-refractivity contribution in [1.82, 2.24) is 25.5 Å². The molecule has 0 bridgehead atoms. The van der Waals surface area contributed by atoms with E-state index in [2.05, 4.69) is 25.5 Å². The van der Waals surface area contributed by atoms with Crippen LogP contribution in [0.1, 0.15) is 18.4 Å². The molecule has 1 amide bonds. The van der Waals surface area contributed by atoms with Crippen molar-refractivity contribution in [1.29, 1.82) is 0 Å². The van der Waals surface area contributed by atoms with Crippen molar-refractivity contribution in [2.24, 2.45) is 4.99 Å². The molecule has 31 heavy (non-hydrogen) atoms. The summed E-state index contributed by atoms with van der Waals surface area (Å²) in [6, 6.07) is 9.90. The third-order valence-electron chi connectivity index (χ3n) is 5.16. The molecule has 3 rings (SSSR count). The maximum absolute atomic E-state index is 12.0. The Morgan fingerprint density at radius 3 is 2.48 bits per heavy atom. The predicted molar refractivity (Wildman–Crippen MR) is 121 cm³/mol. The summed E-state index contributed by atoms with van der Waals surface area (Å²) in [6.07, 6.45) is 5.40. The lowest BCUT2D eigenvalue weighted by Crippen LogP contribution is -2.50. The van der Waals surface area contributed by atoms with Crippen LogP contribution in [0.5, 0.6) is 5.75 Å². The highest BCUT2D eigenvalue weighted by molar-refractivity contribution is 5.86. The lowest BCUT2D eigenvalue weighted by atomic mass is 10.1. The van der Waals surface area contributed by atoms with Crippen molar-refractivity contribution in [3.05, 3.63) is 48.3 Å². The van der Waals surface area contributed by atoms with E-state index in [1.54, 1.807) is 38.5 Å². The Hall–Kier alpha value is -3.36. The van der Waals surface area contributed by atoms with Gasteiger partial charge < -0.3 is 25.2 Å². The molecule has 1 saturated heterocycles. The van der Waals surface area contributed by atoms with Gasteiger partial charge in [-0.25, -0.2) is 15.0 Å². The maximum Gasteiger partial charge on any atom is 0.241 e. The Balaban J connectivity index is 1.59. The lowest BCUT2D eigenvalue weighted by Gasteiger charge is -2.33. The van der Waals surface area contributed by atoms with Gasteiger partial charge in [-0.15, -0.1) is 0 Å². The number of nitrogens with zero attached hydrogens (tertiary/aromatic N) is 5. The summed E-state index contributed by atoms with van der Waals surface area (Å²) in [6.45, 7) is 2.43. The molecule has 0 saturated carbocycles. The summed E-state index contributed by atoms with van der Waals surface area (Å²) in [5, 5.41) is 6.66. The van der Waals surface area contributed by atoms with Crippen LogP contribution in [0.15, 0.2) is 47.7 Å². The van der Waals surface area contributed by atoms with Crippen LogP contribution in [0.3, 0.4) is 0 Å². The number of benzene rings is 1. The zero-order valence-electron chi connectivity index (χ0n) is 18.4. The smallest absolute Gasteiger partial charge is 0.241 e. The molecule has 1 aliphatic heterocycles. The second-order valence-electron chi connectivity index (χ2n) is 7.61. The van der Waals surface area contributed by atoms with E-state index in [-0.39, 0.29) is 18.5 Å². The molecule has 2 heterocycles. The van der Waals surface area contributed by atoms with Crippen molar-refractivity contribution in [2.45, 2.75) is 25.4 Å². The molecule has 2 aromatic rings. The molecule has 1 fully saturated rings. The average molecular weight is 426 g/mol. The van der Waals surface area contributed by atoms with Crippen LogP contribution < -0.4 is 20.3 Å². The molecule has 9 nitrogen and oxygen atoms in total. The van der Waals surface area contributed by atoms with E-state index in [0.717, 1.165) is 43.2 Å². The van der Waals surface area contributed by atoms with E-state index >= 15 is 0 Å². The molecular formula is C22H31N7O2. The fraction of sp³-hybridized carbons (Fsp3) is 0.455. The summed E-state index contributed by atoms with van der Waals surface area (Å²) >= 11 is 0. The highest BCUT2D eigenvalue weighted by atomic mass is 16.5. The molecule has 0 spiro atoms. The zero-order chi connectivity index (χ0) is 22.1. The van der Waals surface area contributed by atoms with E-state index < -0.39 is 0 Å². The van der Waals surface area contributed by atoms with Crippen molar-refractivity contribution < 1.29 is 9.53 Å². The SMILES string of the molecule is COc1ccc(CN=C(NCC(=O)N(C)C)NC2CCN(c3ncccn3)CC2)cc1. The number of piperidine rings is 1. The van der Waals surface area contributed by atoms with Gasteiger partial charge in [0.1, 0.15) is 5.75 Å². The van der Waals surface area contributed by atoms with Gasteiger partial charge in [-0.1, -0.05) is 12.1 Å². The van der Waals surface area contributed by atoms with Crippen LogP contribution in [0.25, 0.3) is 0 Å². The van der Waals surface area contributed by atoms with E-state index in [1.165, 1.54) is 0 Å². The summed E-state index contributed by atoms with van der Waals surface area (Å²) in [7, 11) is 5.13. The first kappa shape index (κ1) is 22.3. The number of methoxy groups -OCH3 is 1. The number of guanidine groups is 1. The first-order valence-electron chi connectivity index (χ1n) is 10.4. The molecule has 1 aliphatic rings. The van der Waals surface area contributed by atoms with Crippen LogP contribution >= 0.6 is 0 Å². The normalized spacial score (nSPS) is 14.8. The van der Waals surface area contributed by atoms with Gasteiger partial charge in [-0.3, -0.25) is 4.79 Å². The van der Waals surface area contributed by atoms with Gasteiger partial charge in [0, 0.05) is 45.6 Å². The maximum atomic E-state index is 12.0. The monoisotopic (exact) mass is 425 g/mol. The first-order valence-corrected chi connectivity index (χ1v) is 10.4. The number of carbonyl (C=O) groups excluding carboxylic acids is 1. The Kier molecular flexibility index (Phi) is 8.03. The van der Waals surface area contributed by atoms with Gasteiger partial charge in [-0.2, -0.15) is 0 Å². The van der Waals surface area contributed by atoms with Crippen LogP contribution in [-0.2, 0) is 11.3 Å². The van der Waals surface area contributed by atoms with Crippen molar-refractivity contribution >= 4 is 17.8 Å². The first-order chi connectivity index (χ1) is 15.0. The average Bonchev–Trinajstić information content (AvgIpc) is 2.81. The zero-order valence-corrected chi connectivity index (χ0v) is 18.4. The predicted octanol–water partition coefficient (Wildman–Crippen LogP) is 1.28. The topological polar surface area (TPSA) is 95.0 Å². The molecule has 166 valence electrons. The van der Waals surface area contributed by atoms with Gasteiger partial charge in [-0.05, 0) is 36.6 Å². The Morgan fingerprint density at radius 1 is 1.19 bits per heavy atom. The minimum absolute atomic E-state index is 0.00464. The Labute approximate surface area is 183 Å². The number of hydrogen-bond acceptors (Lipinski definition) is 6. The second kappa shape index (κ2) is 11.1. The van der Waals surface area contributed by atoms with E-state index in [4.69, 9.17) is 9.73 Å². The van der Waals surface area contributed by atoms with Gasteiger partial charge in [0.25, 0.3) is 0 Å². The highest BCUT2D eigenvalue weighted by Crippen LogP contribution is 2.15. The molecule has 0 radical (unpaired) electrons. The number of aliphatic imine (C=N–C) groups is 1. The molecule has 1 aromatic heterocycles. The number of hydrogen-bond donors (Lipinski definition) is 2. The quantitative estimate of drug-likeness (QED) is 0.510. The number of amides is 1. The fourth-order valence-electron chi connectivity index (χ4n) is 3.24. The van der Waals surface area contributed by atoms with Crippen LogP contribution in [0.4, 0.5) is 5.95 Å². The number of nitrogens with one attached hydrogen (secondary N) is 2. The minimum atomic E-state index is -0.00464. The van der Waals surface area contributed by atoms with Crippen LogP contribution in [0.2, 0.25) is 0 Å². The second-order valence-corrected chi connectivity index (χ2v) is 7.61. The standard InChI is InChI=1S/C22H31N7O2/c1-28(2)20(30)16-26-21(25-15-17-5-7-19(31-3)8-6-17)27-18-9-13-29(14-10-18)22-23-11-4-12-24-22/h4-8,11-12,18H,9-10,13-16H2,1-3H3,(H2,25,26,27). The number of carbonyl (C=O) groups is 1. The molecule has 2 N–H and O–H groups in total. The summed E-state index contributed by atoms with van der Waals surface area (Å²) in [5.74, 6) is 2.22. The summed E-state index contributed by atoms with van der Waals surface area (Å²) < 4.78 is 5.21. The number of anilines is 1. The Morgan fingerprint density at radius 2 is 1.87 bits per heavy atom. The van der Waals surface area contributed by atoms with Crippen LogP contribution in [0, 0.1) is 0 Å². The van der Waals surface area contributed by atoms with Gasteiger partial charge in [0.05, 0.1) is 20.2 Å². The molecule has 0 atom stereocenters. The molecule has 0 aliphatic carbocycles. The summed E-state index contributed by atoms with van der Waals surface area (Å²) in [5.41, 5.74) is 1.07. The minimum Gasteiger partial charge on any atom is -0.497 e. The van der Waals surface area contributed by atoms with Crippen molar-refractivity contribution in [3.63, 3.8) is 0 Å². The van der Waals surface area contributed by atoms with Gasteiger partial charge in [0.2, 0.25) is 11.9 Å². The number of aromatic nitrogens is 2. The molecule has 0 unspecified atom stereocenters. The van der Waals surface area contributed by atoms with Crippen molar-refractivity contribution in [2.75, 3.05) is 45.7 Å². The third-order valence-corrected chi connectivity index (χ3v) is 5.16. The molecular weight excluding hydrogens is 394 g/mol. The summed E-state index contributed by atoms with van der Waals surface area (Å²) in [4.78, 5) is 29.2.